The molecule has 0 spiro atoms. The fourth-order valence-corrected chi connectivity index (χ4v) is 2.24. The lowest BCUT2D eigenvalue weighted by atomic mass is 10.1. The van der Waals surface area contributed by atoms with E-state index in [-0.39, 0.29) is 12.6 Å². The van der Waals surface area contributed by atoms with Gasteiger partial charge in [0.25, 0.3) is 0 Å². The van der Waals surface area contributed by atoms with Crippen molar-refractivity contribution in [3.05, 3.63) is 59.8 Å². The molecule has 1 unspecified atom stereocenters. The van der Waals surface area contributed by atoms with E-state index in [2.05, 4.69) is 30.9 Å². The maximum Gasteiger partial charge on any atom is 0.315 e. The van der Waals surface area contributed by atoms with Crippen molar-refractivity contribution in [2.24, 2.45) is 7.05 Å². The number of carbonyl (C=O) groups is 1. The normalized spacial score (nSPS) is 11.9. The molecule has 1 atom stereocenters. The van der Waals surface area contributed by atoms with Gasteiger partial charge in [-0.15, -0.1) is 0 Å². The van der Waals surface area contributed by atoms with Crippen LogP contribution in [0.2, 0.25) is 0 Å². The molecular formula is C16H19N7O2. The molecule has 2 aromatic heterocycles. The zero-order valence-electron chi connectivity index (χ0n) is 14.0. The predicted molar refractivity (Wildman–Crippen MR) is 88.3 cm³/mol. The van der Waals surface area contributed by atoms with E-state index in [1.54, 1.807) is 18.7 Å². The van der Waals surface area contributed by atoms with Crippen molar-refractivity contribution >= 4 is 6.03 Å². The summed E-state index contributed by atoms with van der Waals surface area (Å²) >= 11 is 0. The zero-order chi connectivity index (χ0) is 17.6. The number of urea groups is 1. The minimum atomic E-state index is -0.406. The van der Waals surface area contributed by atoms with Crippen molar-refractivity contribution in [2.45, 2.75) is 25.9 Å². The average molecular weight is 341 g/mol. The van der Waals surface area contributed by atoms with Gasteiger partial charge in [0.2, 0.25) is 5.89 Å². The average Bonchev–Trinajstić information content (AvgIpc) is 3.23. The van der Waals surface area contributed by atoms with Crippen LogP contribution in [0.3, 0.4) is 0 Å². The van der Waals surface area contributed by atoms with Crippen LogP contribution in [0, 0.1) is 0 Å². The van der Waals surface area contributed by atoms with Crippen molar-refractivity contribution in [1.29, 1.82) is 0 Å². The van der Waals surface area contributed by atoms with Crippen molar-refractivity contribution in [1.82, 2.24) is 35.5 Å². The first-order valence-corrected chi connectivity index (χ1v) is 7.85. The smallest absolute Gasteiger partial charge is 0.315 e. The molecule has 0 saturated heterocycles. The van der Waals surface area contributed by atoms with Gasteiger partial charge in [0.05, 0.1) is 6.54 Å². The van der Waals surface area contributed by atoms with E-state index in [1.165, 1.54) is 6.33 Å². The third-order valence-corrected chi connectivity index (χ3v) is 3.62. The first kappa shape index (κ1) is 16.6. The maximum atomic E-state index is 12.0. The van der Waals surface area contributed by atoms with E-state index in [0.29, 0.717) is 24.0 Å². The van der Waals surface area contributed by atoms with Gasteiger partial charge in [0.1, 0.15) is 18.2 Å². The van der Waals surface area contributed by atoms with Crippen LogP contribution in [-0.2, 0) is 20.0 Å². The second kappa shape index (κ2) is 7.56. The molecule has 0 bridgehead atoms. The molecule has 1 aromatic carbocycles. The van der Waals surface area contributed by atoms with Crippen LogP contribution in [0.15, 0.2) is 41.2 Å². The molecule has 2 heterocycles. The molecule has 0 aliphatic carbocycles. The lowest BCUT2D eigenvalue weighted by Gasteiger charge is -2.10. The molecule has 9 heteroatoms. The van der Waals surface area contributed by atoms with Gasteiger partial charge in [0.15, 0.2) is 5.82 Å². The van der Waals surface area contributed by atoms with E-state index >= 15 is 0 Å². The minimum Gasteiger partial charge on any atom is -0.337 e. The van der Waals surface area contributed by atoms with Crippen LogP contribution in [0.4, 0.5) is 4.79 Å². The number of benzene rings is 1. The van der Waals surface area contributed by atoms with E-state index in [1.807, 2.05) is 30.3 Å². The highest BCUT2D eigenvalue weighted by Crippen LogP contribution is 2.12. The second-order valence-electron chi connectivity index (χ2n) is 5.56. The molecule has 0 radical (unpaired) electrons. The van der Waals surface area contributed by atoms with E-state index in [4.69, 9.17) is 4.52 Å². The van der Waals surface area contributed by atoms with E-state index in [9.17, 15) is 4.79 Å². The number of carbonyl (C=O) groups excluding carboxylic acids is 1. The Morgan fingerprint density at radius 2 is 2.12 bits per heavy atom. The molecule has 2 amide bonds. The van der Waals surface area contributed by atoms with Gasteiger partial charge in [-0.2, -0.15) is 10.1 Å². The van der Waals surface area contributed by atoms with Crippen LogP contribution >= 0.6 is 0 Å². The SMILES string of the molecule is CC(NC(=O)NCc1ncnn1C)c1nc(Cc2ccccc2)no1. The van der Waals surface area contributed by atoms with Crippen LogP contribution in [0.25, 0.3) is 0 Å². The third kappa shape index (κ3) is 4.40. The number of nitrogens with one attached hydrogen (secondary N) is 2. The summed E-state index contributed by atoms with van der Waals surface area (Å²) in [4.78, 5) is 20.3. The first-order chi connectivity index (χ1) is 12.1. The van der Waals surface area contributed by atoms with Gasteiger partial charge in [-0.3, -0.25) is 4.68 Å². The summed E-state index contributed by atoms with van der Waals surface area (Å²) in [6.45, 7) is 2.06. The number of aromatic nitrogens is 5. The molecule has 3 rings (SSSR count). The molecule has 0 aliphatic heterocycles. The Kier molecular flexibility index (Phi) is 5.03. The number of hydrogen-bond donors (Lipinski definition) is 2. The Labute approximate surface area is 144 Å². The van der Waals surface area contributed by atoms with Gasteiger partial charge >= 0.3 is 6.03 Å². The van der Waals surface area contributed by atoms with Crippen molar-refractivity contribution in [3.63, 3.8) is 0 Å². The number of hydrogen-bond acceptors (Lipinski definition) is 6. The molecule has 25 heavy (non-hydrogen) atoms. The Hall–Kier alpha value is -3.23. The zero-order valence-corrected chi connectivity index (χ0v) is 14.0. The molecule has 2 N–H and O–H groups in total. The molecule has 130 valence electrons. The van der Waals surface area contributed by atoms with Crippen molar-refractivity contribution < 1.29 is 9.32 Å². The molecule has 3 aromatic rings. The summed E-state index contributed by atoms with van der Waals surface area (Å²) in [6.07, 6.45) is 2.01. The number of rotatable bonds is 6. The Morgan fingerprint density at radius 1 is 1.32 bits per heavy atom. The van der Waals surface area contributed by atoms with Crippen LogP contribution < -0.4 is 10.6 Å². The van der Waals surface area contributed by atoms with Gasteiger partial charge in [0, 0.05) is 13.5 Å². The topological polar surface area (TPSA) is 111 Å². The summed E-state index contributed by atoms with van der Waals surface area (Å²) in [5.41, 5.74) is 1.09. The summed E-state index contributed by atoms with van der Waals surface area (Å²) in [7, 11) is 1.76. The van der Waals surface area contributed by atoms with Gasteiger partial charge in [-0.25, -0.2) is 9.78 Å². The lowest BCUT2D eigenvalue weighted by molar-refractivity contribution is 0.233. The molecule has 0 fully saturated rings. The summed E-state index contributed by atoms with van der Waals surface area (Å²) in [5, 5.41) is 13.4. The molecule has 0 aliphatic rings. The quantitative estimate of drug-likeness (QED) is 0.700. The third-order valence-electron chi connectivity index (χ3n) is 3.62. The monoisotopic (exact) mass is 341 g/mol. The van der Waals surface area contributed by atoms with Crippen molar-refractivity contribution in [3.8, 4) is 0 Å². The van der Waals surface area contributed by atoms with Gasteiger partial charge in [-0.05, 0) is 12.5 Å². The van der Waals surface area contributed by atoms with E-state index in [0.717, 1.165) is 5.56 Å². The van der Waals surface area contributed by atoms with E-state index < -0.39 is 6.04 Å². The van der Waals surface area contributed by atoms with Crippen molar-refractivity contribution in [2.75, 3.05) is 0 Å². The number of nitrogens with zero attached hydrogens (tertiary/aromatic N) is 5. The summed E-state index contributed by atoms with van der Waals surface area (Å²) in [6, 6.07) is 9.12. The number of amides is 2. The van der Waals surface area contributed by atoms with Gasteiger partial charge in [-0.1, -0.05) is 35.5 Å². The standard InChI is InChI=1S/C16H19N7O2/c1-11(20-16(24)17-9-14-18-10-19-23(14)2)15-21-13(22-25-15)8-12-6-4-3-5-7-12/h3-7,10-11H,8-9H2,1-2H3,(H2,17,20,24). The fourth-order valence-electron chi connectivity index (χ4n) is 2.24. The largest absolute Gasteiger partial charge is 0.337 e. The predicted octanol–water partition coefficient (Wildman–Crippen LogP) is 1.35. The molecular weight excluding hydrogens is 322 g/mol. The van der Waals surface area contributed by atoms with Crippen LogP contribution in [0.1, 0.15) is 36.1 Å². The molecule has 9 nitrogen and oxygen atoms in total. The maximum absolute atomic E-state index is 12.0. The number of aryl methyl sites for hydroxylation is 1. The highest BCUT2D eigenvalue weighted by Gasteiger charge is 2.17. The highest BCUT2D eigenvalue weighted by atomic mass is 16.5. The fraction of sp³-hybridized carbons (Fsp3) is 0.312. The first-order valence-electron chi connectivity index (χ1n) is 7.85. The highest BCUT2D eigenvalue weighted by molar-refractivity contribution is 5.74. The Morgan fingerprint density at radius 3 is 2.84 bits per heavy atom. The lowest BCUT2D eigenvalue weighted by Crippen LogP contribution is -2.37. The Balaban J connectivity index is 1.52. The summed E-state index contributed by atoms with van der Waals surface area (Å²) in [5.74, 6) is 1.60. The van der Waals surface area contributed by atoms with Crippen LogP contribution in [0.5, 0.6) is 0 Å². The molecule has 0 saturated carbocycles. The Bertz CT molecular complexity index is 828. The van der Waals surface area contributed by atoms with Crippen LogP contribution in [-0.4, -0.2) is 30.9 Å². The minimum absolute atomic E-state index is 0.276. The van der Waals surface area contributed by atoms with Gasteiger partial charge < -0.3 is 15.2 Å². The second-order valence-corrected chi connectivity index (χ2v) is 5.56. The summed E-state index contributed by atoms with van der Waals surface area (Å²) < 4.78 is 6.83.